The van der Waals surface area contributed by atoms with Gasteiger partial charge in [-0.1, -0.05) is 28.6 Å². The van der Waals surface area contributed by atoms with Crippen LogP contribution < -0.4 is 10.6 Å². The van der Waals surface area contributed by atoms with E-state index in [0.717, 1.165) is 27.7 Å². The minimum Gasteiger partial charge on any atom is -0.346 e. The molecule has 3 heterocycles. The number of thiazole rings is 1. The highest BCUT2D eigenvalue weighted by Crippen LogP contribution is 2.26. The van der Waals surface area contributed by atoms with Crippen LogP contribution in [-0.4, -0.2) is 26.0 Å². The van der Waals surface area contributed by atoms with Gasteiger partial charge in [-0.25, -0.2) is 9.97 Å². The molecule has 0 unspecified atom stereocenters. The molecule has 0 spiro atoms. The molecule has 4 aromatic rings. The van der Waals surface area contributed by atoms with Gasteiger partial charge in [0.25, 0.3) is 5.91 Å². The number of nitrogens with zero attached hydrogens (tertiary/aromatic N) is 5. The molecule has 0 aliphatic carbocycles. The van der Waals surface area contributed by atoms with Gasteiger partial charge in [0.15, 0.2) is 5.13 Å². The monoisotopic (exact) mass is 403 g/mol. The summed E-state index contributed by atoms with van der Waals surface area (Å²) in [5, 5.41) is 20.5. The zero-order chi connectivity index (χ0) is 20.2. The van der Waals surface area contributed by atoms with Crippen molar-refractivity contribution in [1.29, 1.82) is 5.26 Å². The highest BCUT2D eigenvalue weighted by atomic mass is 32.1. The maximum Gasteiger partial charge on any atom is 0.251 e. The number of nitrogens with one attached hydrogen (secondary N) is 2. The predicted molar refractivity (Wildman–Crippen MR) is 108 cm³/mol. The van der Waals surface area contributed by atoms with Gasteiger partial charge in [0.1, 0.15) is 16.8 Å². The first kappa shape index (κ1) is 18.3. The van der Waals surface area contributed by atoms with Crippen LogP contribution in [0, 0.1) is 18.3 Å². The number of hydrogen-bond donors (Lipinski definition) is 2. The smallest absolute Gasteiger partial charge is 0.251 e. The number of benzene rings is 1. The molecule has 142 valence electrons. The summed E-state index contributed by atoms with van der Waals surface area (Å²) in [6, 6.07) is 9.61. The van der Waals surface area contributed by atoms with Crippen LogP contribution in [-0.2, 0) is 4.79 Å². The van der Waals surface area contributed by atoms with Gasteiger partial charge in [0.2, 0.25) is 11.7 Å². The van der Waals surface area contributed by atoms with E-state index in [1.807, 2.05) is 30.3 Å². The molecule has 0 radical (unpaired) electrons. The number of hydrogen-bond acceptors (Lipinski definition) is 9. The molecule has 0 bridgehead atoms. The van der Waals surface area contributed by atoms with Gasteiger partial charge in [-0.15, -0.1) is 0 Å². The number of amides is 1. The van der Waals surface area contributed by atoms with Crippen LogP contribution in [0.4, 0.5) is 10.9 Å². The quantitative estimate of drug-likeness (QED) is 0.484. The van der Waals surface area contributed by atoms with Crippen LogP contribution in [0.1, 0.15) is 10.8 Å². The number of anilines is 2. The summed E-state index contributed by atoms with van der Waals surface area (Å²) >= 11 is 1.10. The van der Waals surface area contributed by atoms with Crippen LogP contribution in [0.25, 0.3) is 22.2 Å². The van der Waals surface area contributed by atoms with Gasteiger partial charge < -0.3 is 9.84 Å². The van der Waals surface area contributed by atoms with E-state index in [1.165, 1.54) is 18.5 Å². The van der Waals surface area contributed by atoms with Crippen molar-refractivity contribution in [2.75, 3.05) is 10.6 Å². The number of fused-ring (bicyclic) bond motifs is 1. The molecule has 0 saturated carbocycles. The zero-order valence-corrected chi connectivity index (χ0v) is 15.9. The van der Waals surface area contributed by atoms with Crippen LogP contribution in [0.5, 0.6) is 0 Å². The fourth-order valence-corrected chi connectivity index (χ4v) is 3.18. The summed E-state index contributed by atoms with van der Waals surface area (Å²) in [5.74, 6) is 1.18. The third kappa shape index (κ3) is 4.10. The second-order valence-corrected chi connectivity index (χ2v) is 6.87. The summed E-state index contributed by atoms with van der Waals surface area (Å²) in [6.07, 6.45) is 5.89. The van der Waals surface area contributed by atoms with Gasteiger partial charge in [0.05, 0.1) is 6.20 Å². The minimum absolute atomic E-state index is 0.361. The van der Waals surface area contributed by atoms with Crippen molar-refractivity contribution in [3.8, 4) is 17.5 Å². The second kappa shape index (κ2) is 7.87. The Balaban J connectivity index is 1.51. The summed E-state index contributed by atoms with van der Waals surface area (Å²) < 4.78 is 5.04. The Morgan fingerprint density at radius 3 is 2.97 bits per heavy atom. The normalized spacial score (nSPS) is 10.9. The molecule has 10 heteroatoms. The summed E-state index contributed by atoms with van der Waals surface area (Å²) in [5.41, 5.74) is 0.796. The van der Waals surface area contributed by atoms with Crippen molar-refractivity contribution >= 4 is 39.0 Å². The van der Waals surface area contributed by atoms with E-state index in [2.05, 4.69) is 30.7 Å². The van der Waals surface area contributed by atoms with Crippen molar-refractivity contribution in [1.82, 2.24) is 20.1 Å². The lowest BCUT2D eigenvalue weighted by molar-refractivity contribution is -0.111. The average Bonchev–Trinajstić information content (AvgIpc) is 3.36. The number of rotatable bonds is 5. The first-order valence-electron chi connectivity index (χ1n) is 8.42. The molecule has 0 aliphatic rings. The Bertz CT molecular complexity index is 1270. The molecule has 29 heavy (non-hydrogen) atoms. The Hall–Kier alpha value is -4.10. The standard InChI is InChI=1S/C19H13N7O2S/c1-11-24-17(26-28-11)13-3-2-12-4-6-21-18(15(12)8-13)22-7-5-16(27)25-19-23-10-14(9-20)29-19/h2-8,10H,1H3,(H,21,22)(H,23,25,27). The van der Waals surface area contributed by atoms with E-state index in [4.69, 9.17) is 9.78 Å². The Morgan fingerprint density at radius 1 is 1.31 bits per heavy atom. The molecule has 1 aromatic carbocycles. The zero-order valence-electron chi connectivity index (χ0n) is 15.1. The molecule has 0 saturated heterocycles. The van der Waals surface area contributed by atoms with Crippen molar-refractivity contribution < 1.29 is 9.32 Å². The van der Waals surface area contributed by atoms with E-state index in [9.17, 15) is 4.79 Å². The van der Waals surface area contributed by atoms with Crippen molar-refractivity contribution in [3.63, 3.8) is 0 Å². The highest BCUT2D eigenvalue weighted by Gasteiger charge is 2.09. The molecule has 9 nitrogen and oxygen atoms in total. The van der Waals surface area contributed by atoms with E-state index in [0.29, 0.717) is 27.5 Å². The Morgan fingerprint density at radius 2 is 2.21 bits per heavy atom. The maximum absolute atomic E-state index is 12.0. The number of pyridine rings is 1. The van der Waals surface area contributed by atoms with Crippen LogP contribution >= 0.6 is 11.3 Å². The molecule has 0 aliphatic heterocycles. The van der Waals surface area contributed by atoms with E-state index in [1.54, 1.807) is 13.1 Å². The van der Waals surface area contributed by atoms with Gasteiger partial charge in [-0.2, -0.15) is 10.2 Å². The third-order valence-electron chi connectivity index (χ3n) is 3.85. The fourth-order valence-electron chi connectivity index (χ4n) is 2.57. The number of aryl methyl sites for hydroxylation is 1. The topological polar surface area (TPSA) is 130 Å². The van der Waals surface area contributed by atoms with Crippen molar-refractivity contribution in [3.05, 3.63) is 59.7 Å². The van der Waals surface area contributed by atoms with Crippen LogP contribution in [0.15, 0.2) is 53.5 Å². The van der Waals surface area contributed by atoms with Gasteiger partial charge in [0, 0.05) is 36.3 Å². The molecular weight excluding hydrogens is 390 g/mol. The van der Waals surface area contributed by atoms with E-state index < -0.39 is 0 Å². The lowest BCUT2D eigenvalue weighted by Gasteiger charge is -2.06. The van der Waals surface area contributed by atoms with E-state index in [-0.39, 0.29) is 5.91 Å². The highest BCUT2D eigenvalue weighted by molar-refractivity contribution is 7.16. The van der Waals surface area contributed by atoms with Crippen molar-refractivity contribution in [2.24, 2.45) is 0 Å². The Kier molecular flexibility index (Phi) is 4.96. The molecule has 2 N–H and O–H groups in total. The van der Waals surface area contributed by atoms with Crippen LogP contribution in [0.3, 0.4) is 0 Å². The minimum atomic E-state index is -0.375. The predicted octanol–water partition coefficient (Wildman–Crippen LogP) is 3.49. The summed E-state index contributed by atoms with van der Waals surface area (Å²) in [4.78, 5) is 25.0. The second-order valence-electron chi connectivity index (χ2n) is 5.84. The first-order valence-corrected chi connectivity index (χ1v) is 9.23. The molecular formula is C19H13N7O2S. The Labute approximate surface area is 168 Å². The van der Waals surface area contributed by atoms with Crippen molar-refractivity contribution in [2.45, 2.75) is 6.92 Å². The van der Waals surface area contributed by atoms with E-state index >= 15 is 0 Å². The number of carbonyl (C=O) groups is 1. The van der Waals surface area contributed by atoms with Crippen LogP contribution in [0.2, 0.25) is 0 Å². The lowest BCUT2D eigenvalue weighted by Crippen LogP contribution is -2.08. The van der Waals surface area contributed by atoms with Gasteiger partial charge in [-0.3, -0.25) is 10.1 Å². The number of nitriles is 1. The lowest BCUT2D eigenvalue weighted by atomic mass is 10.1. The third-order valence-corrected chi connectivity index (χ3v) is 4.67. The van der Waals surface area contributed by atoms with Gasteiger partial charge in [-0.05, 0) is 17.5 Å². The summed E-state index contributed by atoms with van der Waals surface area (Å²) in [6.45, 7) is 1.73. The molecule has 4 rings (SSSR count). The number of aromatic nitrogens is 4. The summed E-state index contributed by atoms with van der Waals surface area (Å²) in [7, 11) is 0. The SMILES string of the molecule is Cc1nc(-c2ccc3ccnc(NC=CC(=O)Nc4ncc(C#N)s4)c3c2)no1. The largest absolute Gasteiger partial charge is 0.346 e. The molecule has 0 atom stereocenters. The molecule has 1 amide bonds. The average molecular weight is 403 g/mol. The molecule has 3 aromatic heterocycles. The van der Waals surface area contributed by atoms with Gasteiger partial charge >= 0.3 is 0 Å². The first-order chi connectivity index (χ1) is 14.1. The number of carbonyl (C=O) groups excluding carboxylic acids is 1. The molecule has 0 fully saturated rings. The fraction of sp³-hybridized carbons (Fsp3) is 0.0526. The maximum atomic E-state index is 12.0.